The predicted octanol–water partition coefficient (Wildman–Crippen LogP) is 7.39. The van der Waals surface area contributed by atoms with Crippen molar-refractivity contribution in [2.45, 2.75) is 26.4 Å². The van der Waals surface area contributed by atoms with Gasteiger partial charge in [-0.3, -0.25) is 9.78 Å². The normalized spacial score (nSPS) is 11.8. The SMILES string of the molecule is CCC(OC(=O)c1ccc2nc(-c3ccccc3)c(-c3ccccc3)nc2c1)C(=O)Nc1cc(C)nc2ccccc12. The van der Waals surface area contributed by atoms with Crippen molar-refractivity contribution >= 4 is 39.5 Å². The molecule has 7 nitrogen and oxygen atoms in total. The number of benzene rings is 4. The van der Waals surface area contributed by atoms with Gasteiger partial charge in [-0.05, 0) is 43.7 Å². The molecule has 0 bridgehead atoms. The standard InChI is InChI=1S/C35H28N4O3/c1-3-31(34(40)39-29-20-22(2)36-27-17-11-10-16-26(27)29)42-35(41)25-18-19-28-30(21-25)38-33(24-14-8-5-9-15-24)32(37-28)23-12-6-4-7-13-23/h4-21,31H,3H2,1-2H3,(H,36,39,40). The van der Waals surface area contributed by atoms with Gasteiger partial charge in [-0.2, -0.15) is 0 Å². The lowest BCUT2D eigenvalue weighted by Crippen LogP contribution is -2.32. The van der Waals surface area contributed by atoms with E-state index in [9.17, 15) is 9.59 Å². The van der Waals surface area contributed by atoms with Gasteiger partial charge in [0.05, 0.1) is 39.2 Å². The van der Waals surface area contributed by atoms with Crippen molar-refractivity contribution in [1.82, 2.24) is 15.0 Å². The van der Waals surface area contributed by atoms with Gasteiger partial charge in [0.15, 0.2) is 6.10 Å². The number of carbonyl (C=O) groups is 2. The smallest absolute Gasteiger partial charge is 0.338 e. The van der Waals surface area contributed by atoms with Crippen LogP contribution in [0.4, 0.5) is 5.69 Å². The van der Waals surface area contributed by atoms with E-state index in [-0.39, 0.29) is 0 Å². The van der Waals surface area contributed by atoms with E-state index < -0.39 is 18.0 Å². The van der Waals surface area contributed by atoms with Gasteiger partial charge in [0.2, 0.25) is 0 Å². The number of rotatable bonds is 7. The zero-order valence-corrected chi connectivity index (χ0v) is 23.2. The Bertz CT molecular complexity index is 1920. The third-order valence-corrected chi connectivity index (χ3v) is 7.01. The van der Waals surface area contributed by atoms with Gasteiger partial charge in [-0.1, -0.05) is 85.8 Å². The molecule has 1 atom stereocenters. The highest BCUT2D eigenvalue weighted by Crippen LogP contribution is 2.31. The number of nitrogens with zero attached hydrogens (tertiary/aromatic N) is 3. The molecule has 0 aliphatic rings. The second-order valence-electron chi connectivity index (χ2n) is 9.98. The van der Waals surface area contributed by atoms with Gasteiger partial charge >= 0.3 is 5.97 Å². The molecule has 2 aromatic heterocycles. The Hall–Kier alpha value is -5.43. The molecule has 1 amide bonds. The summed E-state index contributed by atoms with van der Waals surface area (Å²) in [6, 6.07) is 34.2. The van der Waals surface area contributed by atoms with Crippen molar-refractivity contribution in [3.05, 3.63) is 120 Å². The summed E-state index contributed by atoms with van der Waals surface area (Å²) in [6.07, 6.45) is -0.669. The van der Waals surface area contributed by atoms with Crippen LogP contribution in [-0.2, 0) is 9.53 Å². The molecule has 1 unspecified atom stereocenters. The number of aromatic nitrogens is 3. The van der Waals surface area contributed by atoms with Crippen LogP contribution < -0.4 is 5.32 Å². The number of hydrogen-bond donors (Lipinski definition) is 1. The zero-order valence-electron chi connectivity index (χ0n) is 23.2. The maximum absolute atomic E-state index is 13.3. The van der Waals surface area contributed by atoms with Crippen molar-refractivity contribution in [2.24, 2.45) is 0 Å². The Labute approximate surface area is 243 Å². The van der Waals surface area contributed by atoms with Crippen LogP contribution in [0, 0.1) is 6.92 Å². The molecule has 7 heteroatoms. The van der Waals surface area contributed by atoms with Crippen LogP contribution in [0.15, 0.2) is 109 Å². The fraction of sp³-hybridized carbons (Fsp3) is 0.114. The molecule has 1 N–H and O–H groups in total. The number of esters is 1. The Morgan fingerprint density at radius 3 is 2.00 bits per heavy atom. The van der Waals surface area contributed by atoms with E-state index in [0.29, 0.717) is 34.4 Å². The highest BCUT2D eigenvalue weighted by atomic mass is 16.5. The zero-order chi connectivity index (χ0) is 29.1. The molecule has 0 spiro atoms. The maximum Gasteiger partial charge on any atom is 0.338 e. The Morgan fingerprint density at radius 2 is 1.33 bits per heavy atom. The van der Waals surface area contributed by atoms with E-state index in [1.54, 1.807) is 25.1 Å². The Balaban J connectivity index is 1.29. The fourth-order valence-electron chi connectivity index (χ4n) is 4.92. The number of nitrogens with one attached hydrogen (secondary N) is 1. The van der Waals surface area contributed by atoms with Crippen LogP contribution in [0.3, 0.4) is 0 Å². The van der Waals surface area contributed by atoms with Gasteiger partial charge in [-0.15, -0.1) is 0 Å². The number of ether oxygens (including phenoxy) is 1. The number of hydrogen-bond acceptors (Lipinski definition) is 6. The topological polar surface area (TPSA) is 94.1 Å². The summed E-state index contributed by atoms with van der Waals surface area (Å²) in [7, 11) is 0. The molecule has 4 aromatic carbocycles. The van der Waals surface area contributed by atoms with Crippen LogP contribution in [0.1, 0.15) is 29.4 Å². The second kappa shape index (κ2) is 11.6. The van der Waals surface area contributed by atoms with E-state index >= 15 is 0 Å². The van der Waals surface area contributed by atoms with E-state index in [2.05, 4.69) is 10.3 Å². The lowest BCUT2D eigenvalue weighted by Gasteiger charge is -2.17. The summed E-state index contributed by atoms with van der Waals surface area (Å²) in [5, 5.41) is 3.75. The first-order valence-electron chi connectivity index (χ1n) is 13.8. The Morgan fingerprint density at radius 1 is 0.714 bits per heavy atom. The summed E-state index contributed by atoms with van der Waals surface area (Å²) in [4.78, 5) is 40.9. The number of carbonyl (C=O) groups excluding carboxylic acids is 2. The molecule has 0 radical (unpaired) electrons. The second-order valence-corrected chi connectivity index (χ2v) is 9.98. The summed E-state index contributed by atoms with van der Waals surface area (Å²) in [6.45, 7) is 3.67. The summed E-state index contributed by atoms with van der Waals surface area (Å²) >= 11 is 0. The summed E-state index contributed by atoms with van der Waals surface area (Å²) in [5.74, 6) is -1.01. The molecule has 2 heterocycles. The molecule has 0 saturated heterocycles. The molecular formula is C35H28N4O3. The van der Waals surface area contributed by atoms with Crippen LogP contribution >= 0.6 is 0 Å². The molecule has 0 saturated carbocycles. The van der Waals surface area contributed by atoms with E-state index in [0.717, 1.165) is 33.4 Å². The molecule has 6 aromatic rings. The molecule has 0 aliphatic heterocycles. The lowest BCUT2D eigenvalue weighted by atomic mass is 10.0. The largest absolute Gasteiger partial charge is 0.449 e. The van der Waals surface area contributed by atoms with E-state index in [4.69, 9.17) is 14.7 Å². The average molecular weight is 553 g/mol. The molecule has 6 rings (SSSR count). The quantitative estimate of drug-likeness (QED) is 0.208. The number of para-hydroxylation sites is 1. The predicted molar refractivity (Wildman–Crippen MR) is 165 cm³/mol. The van der Waals surface area contributed by atoms with Crippen molar-refractivity contribution in [2.75, 3.05) is 5.32 Å². The van der Waals surface area contributed by atoms with Crippen LogP contribution in [0.25, 0.3) is 44.5 Å². The molecule has 206 valence electrons. The number of aryl methyl sites for hydroxylation is 1. The lowest BCUT2D eigenvalue weighted by molar-refractivity contribution is -0.124. The van der Waals surface area contributed by atoms with Gasteiger partial charge in [0, 0.05) is 22.2 Å². The minimum atomic E-state index is -0.980. The minimum absolute atomic E-state index is 0.291. The molecule has 42 heavy (non-hydrogen) atoms. The highest BCUT2D eigenvalue weighted by molar-refractivity contribution is 6.04. The number of amides is 1. The number of anilines is 1. The number of fused-ring (bicyclic) bond motifs is 2. The third-order valence-electron chi connectivity index (χ3n) is 7.01. The highest BCUT2D eigenvalue weighted by Gasteiger charge is 2.24. The maximum atomic E-state index is 13.3. The molecular weight excluding hydrogens is 524 g/mol. The summed E-state index contributed by atoms with van der Waals surface area (Å²) in [5.41, 5.74) is 7.01. The van der Waals surface area contributed by atoms with E-state index in [1.165, 1.54) is 0 Å². The third kappa shape index (κ3) is 5.45. The first-order valence-corrected chi connectivity index (χ1v) is 13.8. The molecule has 0 aliphatic carbocycles. The van der Waals surface area contributed by atoms with Crippen molar-refractivity contribution in [3.8, 4) is 22.5 Å². The summed E-state index contributed by atoms with van der Waals surface area (Å²) < 4.78 is 5.70. The molecule has 0 fully saturated rings. The van der Waals surface area contributed by atoms with Gasteiger partial charge in [0.1, 0.15) is 0 Å². The van der Waals surface area contributed by atoms with Crippen molar-refractivity contribution in [3.63, 3.8) is 0 Å². The number of pyridine rings is 1. The van der Waals surface area contributed by atoms with Gasteiger partial charge in [-0.25, -0.2) is 14.8 Å². The first-order chi connectivity index (χ1) is 20.5. The first kappa shape index (κ1) is 26.8. The van der Waals surface area contributed by atoms with Crippen molar-refractivity contribution in [1.29, 1.82) is 0 Å². The fourth-order valence-corrected chi connectivity index (χ4v) is 4.92. The Kier molecular flexibility index (Phi) is 7.39. The van der Waals surface area contributed by atoms with Gasteiger partial charge < -0.3 is 10.1 Å². The van der Waals surface area contributed by atoms with Gasteiger partial charge in [0.25, 0.3) is 5.91 Å². The van der Waals surface area contributed by atoms with E-state index in [1.807, 2.05) is 97.9 Å². The van der Waals surface area contributed by atoms with Crippen LogP contribution in [-0.4, -0.2) is 32.9 Å². The minimum Gasteiger partial charge on any atom is -0.449 e. The average Bonchev–Trinajstić information content (AvgIpc) is 3.03. The van der Waals surface area contributed by atoms with Crippen LogP contribution in [0.5, 0.6) is 0 Å². The van der Waals surface area contributed by atoms with Crippen molar-refractivity contribution < 1.29 is 14.3 Å². The monoisotopic (exact) mass is 552 g/mol. The van der Waals surface area contributed by atoms with Crippen LogP contribution in [0.2, 0.25) is 0 Å².